The van der Waals surface area contributed by atoms with Crippen LogP contribution >= 0.6 is 0 Å². The summed E-state index contributed by atoms with van der Waals surface area (Å²) < 4.78 is 57.5. The van der Waals surface area contributed by atoms with Crippen LogP contribution in [-0.2, 0) is 43.1 Å². The van der Waals surface area contributed by atoms with E-state index in [4.69, 9.17) is 23.7 Å². The second-order valence-electron chi connectivity index (χ2n) is 11.5. The molecule has 0 radical (unpaired) electrons. The van der Waals surface area contributed by atoms with Crippen LogP contribution in [0.4, 0.5) is 0 Å². The average molecular weight is 507 g/mol. The van der Waals surface area contributed by atoms with E-state index in [9.17, 15) is 18.0 Å². The van der Waals surface area contributed by atoms with Crippen molar-refractivity contribution in [1.29, 1.82) is 0 Å². The SMILES string of the molecule is CC1(C)OC2C3OC(C2O1)C(S(=O)(=O)c1ccccc1)C3OC(=O)C12CCC(C)(C(=O)O1)C2(C)C. The van der Waals surface area contributed by atoms with E-state index in [1.807, 2.05) is 13.8 Å². The van der Waals surface area contributed by atoms with Crippen molar-refractivity contribution in [2.24, 2.45) is 10.8 Å². The quantitative estimate of drug-likeness (QED) is 0.567. The van der Waals surface area contributed by atoms with Gasteiger partial charge in [0.25, 0.3) is 0 Å². The van der Waals surface area contributed by atoms with Crippen molar-refractivity contribution in [3.05, 3.63) is 30.3 Å². The zero-order valence-corrected chi connectivity index (χ0v) is 21.2. The van der Waals surface area contributed by atoms with E-state index in [-0.39, 0.29) is 4.90 Å². The molecule has 1 aliphatic carbocycles. The van der Waals surface area contributed by atoms with Gasteiger partial charge in [0.2, 0.25) is 5.60 Å². The lowest BCUT2D eigenvalue weighted by molar-refractivity contribution is -0.195. The first-order valence-corrected chi connectivity index (χ1v) is 13.5. The molecule has 0 aromatic heterocycles. The highest BCUT2D eigenvalue weighted by molar-refractivity contribution is 7.92. The fraction of sp³-hybridized carbons (Fsp3) is 0.680. The van der Waals surface area contributed by atoms with Gasteiger partial charge >= 0.3 is 11.9 Å². The Hall–Kier alpha value is -2.01. The van der Waals surface area contributed by atoms with Crippen LogP contribution in [0.3, 0.4) is 0 Å². The molecule has 10 heteroatoms. The number of sulfone groups is 1. The van der Waals surface area contributed by atoms with E-state index < -0.39 is 79.8 Å². The van der Waals surface area contributed by atoms with Gasteiger partial charge in [-0.25, -0.2) is 13.2 Å². The molecule has 1 aromatic rings. The molecule has 8 atom stereocenters. The molecule has 5 fully saturated rings. The van der Waals surface area contributed by atoms with Gasteiger partial charge in [0.1, 0.15) is 29.7 Å². The van der Waals surface area contributed by atoms with Crippen LogP contribution in [0.25, 0.3) is 0 Å². The zero-order chi connectivity index (χ0) is 25.2. The van der Waals surface area contributed by atoms with Crippen molar-refractivity contribution in [1.82, 2.24) is 0 Å². The monoisotopic (exact) mass is 506 g/mol. The van der Waals surface area contributed by atoms with E-state index in [2.05, 4.69) is 0 Å². The van der Waals surface area contributed by atoms with Crippen molar-refractivity contribution in [3.63, 3.8) is 0 Å². The highest BCUT2D eigenvalue weighted by Gasteiger charge is 2.78. The second kappa shape index (κ2) is 6.85. The summed E-state index contributed by atoms with van der Waals surface area (Å²) in [5, 5.41) is -1.19. The molecule has 4 aliphatic heterocycles. The molecule has 6 rings (SSSR count). The fourth-order valence-electron chi connectivity index (χ4n) is 6.74. The summed E-state index contributed by atoms with van der Waals surface area (Å²) in [5.41, 5.74) is -3.12. The molecular weight excluding hydrogens is 476 g/mol. The van der Waals surface area contributed by atoms with Gasteiger partial charge < -0.3 is 23.7 Å². The lowest BCUT2D eigenvalue weighted by Gasteiger charge is -2.38. The zero-order valence-electron chi connectivity index (χ0n) is 20.3. The Morgan fingerprint density at radius 1 is 0.943 bits per heavy atom. The van der Waals surface area contributed by atoms with Crippen molar-refractivity contribution < 1.29 is 41.7 Å². The van der Waals surface area contributed by atoms with Gasteiger partial charge in [0.15, 0.2) is 21.7 Å². The molecule has 4 bridgehead atoms. The Labute approximate surface area is 204 Å². The summed E-state index contributed by atoms with van der Waals surface area (Å²) in [6, 6.07) is 8.03. The average Bonchev–Trinajstić information content (AvgIpc) is 3.49. The number of carbonyl (C=O) groups is 2. The molecule has 4 saturated heterocycles. The molecule has 1 aromatic carbocycles. The van der Waals surface area contributed by atoms with Gasteiger partial charge in [-0.05, 0) is 45.7 Å². The number of hydrogen-bond acceptors (Lipinski definition) is 9. The molecule has 9 nitrogen and oxygen atoms in total. The van der Waals surface area contributed by atoms with Crippen LogP contribution in [0.5, 0.6) is 0 Å². The maximum absolute atomic E-state index is 13.8. The molecule has 4 heterocycles. The van der Waals surface area contributed by atoms with Crippen LogP contribution in [0.1, 0.15) is 47.5 Å². The van der Waals surface area contributed by atoms with Crippen molar-refractivity contribution in [2.75, 3.05) is 0 Å². The molecule has 35 heavy (non-hydrogen) atoms. The number of rotatable bonds is 4. The Morgan fingerprint density at radius 2 is 1.57 bits per heavy atom. The van der Waals surface area contributed by atoms with Crippen molar-refractivity contribution in [2.45, 2.75) is 99.5 Å². The van der Waals surface area contributed by atoms with Gasteiger partial charge in [-0.15, -0.1) is 0 Å². The lowest BCUT2D eigenvalue weighted by Crippen LogP contribution is -2.58. The highest BCUT2D eigenvalue weighted by atomic mass is 32.2. The predicted molar refractivity (Wildman–Crippen MR) is 120 cm³/mol. The first-order chi connectivity index (χ1) is 16.3. The van der Waals surface area contributed by atoms with E-state index in [1.165, 1.54) is 12.1 Å². The van der Waals surface area contributed by atoms with E-state index in [1.54, 1.807) is 39.0 Å². The summed E-state index contributed by atoms with van der Waals surface area (Å²) in [6.45, 7) is 8.97. The van der Waals surface area contributed by atoms with Gasteiger partial charge in [-0.1, -0.05) is 32.0 Å². The van der Waals surface area contributed by atoms with Gasteiger partial charge in [0, 0.05) is 5.41 Å². The van der Waals surface area contributed by atoms with E-state index in [0.29, 0.717) is 12.8 Å². The normalized spacial score (nSPS) is 44.3. The van der Waals surface area contributed by atoms with Crippen molar-refractivity contribution in [3.8, 4) is 0 Å². The number of esters is 2. The third kappa shape index (κ3) is 2.77. The number of ether oxygens (including phenoxy) is 5. The molecule has 0 spiro atoms. The molecular formula is C25H30O9S. The van der Waals surface area contributed by atoms with Gasteiger partial charge in [-0.2, -0.15) is 0 Å². The Bertz CT molecular complexity index is 1210. The number of carbonyl (C=O) groups excluding carboxylic acids is 2. The molecule has 1 saturated carbocycles. The summed E-state index contributed by atoms with van der Waals surface area (Å²) in [7, 11) is -3.98. The molecule has 0 N–H and O–H groups in total. The summed E-state index contributed by atoms with van der Waals surface area (Å²) >= 11 is 0. The van der Waals surface area contributed by atoms with Gasteiger partial charge in [-0.3, -0.25) is 4.79 Å². The molecule has 5 aliphatic rings. The van der Waals surface area contributed by atoms with Crippen LogP contribution in [0, 0.1) is 10.8 Å². The fourth-order valence-corrected chi connectivity index (χ4v) is 8.73. The Morgan fingerprint density at radius 3 is 2.14 bits per heavy atom. The molecule has 190 valence electrons. The minimum absolute atomic E-state index is 0.108. The summed E-state index contributed by atoms with van der Waals surface area (Å²) in [6.07, 6.45) is -3.24. The predicted octanol–water partition coefficient (Wildman–Crippen LogP) is 2.16. The minimum atomic E-state index is -3.98. The molecule has 8 unspecified atom stereocenters. The smallest absolute Gasteiger partial charge is 0.351 e. The van der Waals surface area contributed by atoms with Gasteiger partial charge in [0.05, 0.1) is 10.3 Å². The third-order valence-corrected chi connectivity index (χ3v) is 11.4. The van der Waals surface area contributed by atoms with Crippen LogP contribution in [-0.4, -0.2) is 67.5 Å². The Kier molecular flexibility index (Phi) is 4.58. The standard InChI is InChI=1S/C25H30O9S/c1-22(2)24(5)11-12-25(22,34-20(24)26)21(27)31-17-14-15-16(33-23(3,4)32-15)18(30-14)19(17)35(28,29)13-9-7-6-8-10-13/h6-10,14-19H,11-12H2,1-5H3. The minimum Gasteiger partial charge on any atom is -0.455 e. The van der Waals surface area contributed by atoms with E-state index in [0.717, 1.165) is 0 Å². The largest absolute Gasteiger partial charge is 0.455 e. The van der Waals surface area contributed by atoms with E-state index >= 15 is 0 Å². The summed E-state index contributed by atoms with van der Waals surface area (Å²) in [5.74, 6) is -2.09. The van der Waals surface area contributed by atoms with Crippen LogP contribution in [0.15, 0.2) is 35.2 Å². The third-order valence-electron chi connectivity index (χ3n) is 9.18. The number of fused-ring (bicyclic) bond motifs is 7. The second-order valence-corrected chi connectivity index (χ2v) is 13.6. The van der Waals surface area contributed by atoms with Crippen LogP contribution < -0.4 is 0 Å². The Balaban J connectivity index is 1.38. The maximum atomic E-state index is 13.8. The summed E-state index contributed by atoms with van der Waals surface area (Å²) in [4.78, 5) is 26.6. The maximum Gasteiger partial charge on any atom is 0.351 e. The number of benzene rings is 1. The highest BCUT2D eigenvalue weighted by Crippen LogP contribution is 2.66. The van der Waals surface area contributed by atoms with Crippen molar-refractivity contribution >= 4 is 21.8 Å². The number of hydrogen-bond donors (Lipinski definition) is 0. The van der Waals surface area contributed by atoms with Crippen LogP contribution in [0.2, 0.25) is 0 Å². The topological polar surface area (TPSA) is 114 Å². The first kappa shape index (κ1) is 23.4. The lowest BCUT2D eigenvalue weighted by atomic mass is 9.66. The first-order valence-electron chi connectivity index (χ1n) is 12.0. The molecule has 0 amide bonds.